The fourth-order valence-corrected chi connectivity index (χ4v) is 3.37. The third-order valence-corrected chi connectivity index (χ3v) is 4.80. The van der Waals surface area contributed by atoms with Gasteiger partial charge in [-0.15, -0.1) is 10.2 Å². The quantitative estimate of drug-likeness (QED) is 0.887. The lowest BCUT2D eigenvalue weighted by atomic mass is 10.1. The molecule has 0 amide bonds. The van der Waals surface area contributed by atoms with E-state index in [1.54, 1.807) is 0 Å². The molecule has 2 aliphatic rings. The molecule has 1 unspecified atom stereocenters. The Morgan fingerprint density at radius 3 is 3.00 bits per heavy atom. The van der Waals surface area contributed by atoms with Crippen molar-refractivity contribution in [3.8, 4) is 0 Å². The Morgan fingerprint density at radius 1 is 1.23 bits per heavy atom. The van der Waals surface area contributed by atoms with Crippen molar-refractivity contribution >= 4 is 0 Å². The highest BCUT2D eigenvalue weighted by molar-refractivity contribution is 5.07. The number of nitrogens with one attached hydrogen (secondary N) is 1. The Balaban J connectivity index is 1.41. The molecule has 4 rings (SSSR count). The van der Waals surface area contributed by atoms with Crippen LogP contribution >= 0.6 is 0 Å². The standard InChI is InChI=1S/C17H23N5/c1-3-9-18-14(5-1)11-15(13-7-8-13)19-12-17-21-20-16-6-2-4-10-22(16)17/h1,3,5,9,13,15,19H,2,4,6-8,10-12H2. The first-order chi connectivity index (χ1) is 10.9. The van der Waals surface area contributed by atoms with Crippen LogP contribution in [0.25, 0.3) is 0 Å². The van der Waals surface area contributed by atoms with Crippen LogP contribution in [0.3, 0.4) is 0 Å². The van der Waals surface area contributed by atoms with Crippen LogP contribution < -0.4 is 5.32 Å². The van der Waals surface area contributed by atoms with Crippen LogP contribution in [0.2, 0.25) is 0 Å². The summed E-state index contributed by atoms with van der Waals surface area (Å²) in [7, 11) is 0. The first kappa shape index (κ1) is 13.9. The maximum Gasteiger partial charge on any atom is 0.147 e. The van der Waals surface area contributed by atoms with E-state index in [9.17, 15) is 0 Å². The second-order valence-electron chi connectivity index (χ2n) is 6.49. The van der Waals surface area contributed by atoms with Gasteiger partial charge in [-0.2, -0.15) is 0 Å². The fourth-order valence-electron chi connectivity index (χ4n) is 3.37. The summed E-state index contributed by atoms with van der Waals surface area (Å²) in [5.74, 6) is 3.06. The molecule has 2 aromatic heterocycles. The van der Waals surface area contributed by atoms with Crippen molar-refractivity contribution in [1.29, 1.82) is 0 Å². The minimum Gasteiger partial charge on any atom is -0.314 e. The average molecular weight is 297 g/mol. The second-order valence-corrected chi connectivity index (χ2v) is 6.49. The van der Waals surface area contributed by atoms with E-state index in [2.05, 4.69) is 37.2 Å². The molecule has 1 aliphatic carbocycles. The maximum atomic E-state index is 4.47. The largest absolute Gasteiger partial charge is 0.314 e. The van der Waals surface area contributed by atoms with Gasteiger partial charge in [0.15, 0.2) is 0 Å². The van der Waals surface area contributed by atoms with E-state index >= 15 is 0 Å². The molecule has 1 fully saturated rings. The summed E-state index contributed by atoms with van der Waals surface area (Å²) < 4.78 is 2.31. The van der Waals surface area contributed by atoms with Crippen molar-refractivity contribution in [1.82, 2.24) is 25.1 Å². The Morgan fingerprint density at radius 2 is 2.18 bits per heavy atom. The topological polar surface area (TPSA) is 55.6 Å². The van der Waals surface area contributed by atoms with Crippen LogP contribution in [0.4, 0.5) is 0 Å². The minimum absolute atomic E-state index is 0.506. The molecule has 1 aliphatic heterocycles. The lowest BCUT2D eigenvalue weighted by molar-refractivity contribution is 0.432. The van der Waals surface area contributed by atoms with E-state index in [0.29, 0.717) is 6.04 Å². The molecule has 0 aromatic carbocycles. The fraction of sp³-hybridized carbons (Fsp3) is 0.588. The van der Waals surface area contributed by atoms with Gasteiger partial charge in [0.05, 0.1) is 6.54 Å². The summed E-state index contributed by atoms with van der Waals surface area (Å²) in [6.45, 7) is 1.90. The van der Waals surface area contributed by atoms with Crippen molar-refractivity contribution in [2.45, 2.75) is 57.7 Å². The molecule has 1 saturated carbocycles. The van der Waals surface area contributed by atoms with Crippen molar-refractivity contribution in [3.05, 3.63) is 41.7 Å². The van der Waals surface area contributed by atoms with E-state index in [0.717, 1.165) is 43.5 Å². The predicted octanol–water partition coefficient (Wildman–Crippen LogP) is 2.12. The molecule has 0 saturated heterocycles. The van der Waals surface area contributed by atoms with Crippen LogP contribution in [0, 0.1) is 5.92 Å². The first-order valence-corrected chi connectivity index (χ1v) is 8.44. The van der Waals surface area contributed by atoms with Crippen molar-refractivity contribution in [3.63, 3.8) is 0 Å². The van der Waals surface area contributed by atoms with E-state index in [4.69, 9.17) is 0 Å². The Bertz CT molecular complexity index is 617. The number of aryl methyl sites for hydroxylation is 1. The molecule has 22 heavy (non-hydrogen) atoms. The number of hydrogen-bond acceptors (Lipinski definition) is 4. The summed E-state index contributed by atoms with van der Waals surface area (Å²) in [6, 6.07) is 6.68. The van der Waals surface area contributed by atoms with Crippen LogP contribution in [0.15, 0.2) is 24.4 Å². The highest BCUT2D eigenvalue weighted by Gasteiger charge is 2.31. The van der Waals surface area contributed by atoms with Gasteiger partial charge in [0, 0.05) is 37.3 Å². The predicted molar refractivity (Wildman–Crippen MR) is 84.3 cm³/mol. The molecule has 5 nitrogen and oxygen atoms in total. The zero-order chi connectivity index (χ0) is 14.8. The van der Waals surface area contributed by atoms with Gasteiger partial charge in [0.1, 0.15) is 11.6 Å². The molecule has 5 heteroatoms. The van der Waals surface area contributed by atoms with Crippen LogP contribution in [-0.2, 0) is 25.9 Å². The van der Waals surface area contributed by atoms with Gasteiger partial charge in [-0.1, -0.05) is 6.07 Å². The highest BCUT2D eigenvalue weighted by Crippen LogP contribution is 2.34. The monoisotopic (exact) mass is 297 g/mol. The summed E-state index contributed by atoms with van der Waals surface area (Å²) >= 11 is 0. The van der Waals surface area contributed by atoms with Gasteiger partial charge in [-0.3, -0.25) is 4.98 Å². The molecular formula is C17H23N5. The zero-order valence-electron chi connectivity index (χ0n) is 12.9. The lowest BCUT2D eigenvalue weighted by Crippen LogP contribution is -2.34. The number of hydrogen-bond donors (Lipinski definition) is 1. The van der Waals surface area contributed by atoms with Crippen molar-refractivity contribution < 1.29 is 0 Å². The normalized spacial score (nSPS) is 18.9. The second kappa shape index (κ2) is 6.16. The van der Waals surface area contributed by atoms with Gasteiger partial charge < -0.3 is 9.88 Å². The number of nitrogens with zero attached hydrogens (tertiary/aromatic N) is 4. The lowest BCUT2D eigenvalue weighted by Gasteiger charge is -2.19. The molecule has 0 spiro atoms. The van der Waals surface area contributed by atoms with Gasteiger partial charge in [0.25, 0.3) is 0 Å². The highest BCUT2D eigenvalue weighted by atomic mass is 15.3. The van der Waals surface area contributed by atoms with Gasteiger partial charge in [-0.25, -0.2) is 0 Å². The number of pyridine rings is 1. The minimum atomic E-state index is 0.506. The third kappa shape index (κ3) is 3.04. The van der Waals surface area contributed by atoms with Crippen molar-refractivity contribution in [2.24, 2.45) is 5.92 Å². The number of aromatic nitrogens is 4. The number of fused-ring (bicyclic) bond motifs is 1. The summed E-state index contributed by atoms with van der Waals surface area (Å²) in [6.07, 6.45) is 9.13. The van der Waals surface area contributed by atoms with Gasteiger partial charge in [0.2, 0.25) is 0 Å². The molecule has 1 atom stereocenters. The van der Waals surface area contributed by atoms with Crippen LogP contribution in [-0.4, -0.2) is 25.8 Å². The summed E-state index contributed by atoms with van der Waals surface area (Å²) in [5, 5.41) is 12.5. The summed E-state index contributed by atoms with van der Waals surface area (Å²) in [5.41, 5.74) is 1.18. The van der Waals surface area contributed by atoms with Crippen molar-refractivity contribution in [2.75, 3.05) is 0 Å². The Kier molecular flexibility index (Phi) is 3.89. The van der Waals surface area contributed by atoms with Crippen LogP contribution in [0.5, 0.6) is 0 Å². The van der Waals surface area contributed by atoms with Gasteiger partial charge in [-0.05, 0) is 43.7 Å². The van der Waals surface area contributed by atoms with E-state index in [-0.39, 0.29) is 0 Å². The van der Waals surface area contributed by atoms with Gasteiger partial charge >= 0.3 is 0 Å². The molecule has 1 N–H and O–H groups in total. The zero-order valence-corrected chi connectivity index (χ0v) is 12.9. The third-order valence-electron chi connectivity index (χ3n) is 4.80. The average Bonchev–Trinajstić information content (AvgIpc) is 3.33. The molecule has 116 valence electrons. The van der Waals surface area contributed by atoms with E-state index in [1.165, 1.54) is 31.4 Å². The Hall–Kier alpha value is -1.75. The van der Waals surface area contributed by atoms with Crippen LogP contribution in [0.1, 0.15) is 43.0 Å². The molecule has 0 radical (unpaired) electrons. The Labute approximate surface area is 131 Å². The smallest absolute Gasteiger partial charge is 0.147 e. The first-order valence-electron chi connectivity index (χ1n) is 8.44. The van der Waals surface area contributed by atoms with E-state index < -0.39 is 0 Å². The molecule has 3 heterocycles. The SMILES string of the molecule is c1ccc(CC(NCc2nnc3n2CCCC3)C2CC2)nc1. The molecular weight excluding hydrogens is 274 g/mol. The van der Waals surface area contributed by atoms with E-state index in [1.807, 2.05) is 12.3 Å². The molecule has 2 aromatic rings. The number of rotatable bonds is 6. The maximum absolute atomic E-state index is 4.47. The summed E-state index contributed by atoms with van der Waals surface area (Å²) in [4.78, 5) is 4.47. The molecule has 0 bridgehead atoms.